The van der Waals surface area contributed by atoms with Crippen LogP contribution < -0.4 is 5.73 Å². The standard InChI is InChI=1S/C14H17N3O2/c1-11-6-7-13(14(10-11)17(18)19)16-9-3-5-12(16)4-2-8-15/h3,5-7,9-10H,2,4,8,15H2,1H3. The molecule has 2 N–H and O–H groups in total. The summed E-state index contributed by atoms with van der Waals surface area (Å²) in [6.07, 6.45) is 3.53. The normalized spacial score (nSPS) is 10.6. The molecule has 0 saturated carbocycles. The van der Waals surface area contributed by atoms with Gasteiger partial charge in [0.15, 0.2) is 0 Å². The fourth-order valence-corrected chi connectivity index (χ4v) is 2.12. The minimum Gasteiger partial charge on any atom is -0.330 e. The van der Waals surface area contributed by atoms with E-state index in [-0.39, 0.29) is 10.6 Å². The van der Waals surface area contributed by atoms with Crippen molar-refractivity contribution in [3.8, 4) is 5.69 Å². The van der Waals surface area contributed by atoms with Crippen molar-refractivity contribution in [3.05, 3.63) is 57.9 Å². The van der Waals surface area contributed by atoms with Gasteiger partial charge in [-0.3, -0.25) is 10.1 Å². The van der Waals surface area contributed by atoms with Crippen molar-refractivity contribution in [3.63, 3.8) is 0 Å². The fourth-order valence-electron chi connectivity index (χ4n) is 2.12. The molecule has 100 valence electrons. The SMILES string of the molecule is Cc1ccc(-n2cccc2CCCN)c([N+](=O)[O-])c1. The first-order chi connectivity index (χ1) is 9.13. The summed E-state index contributed by atoms with van der Waals surface area (Å²) < 4.78 is 1.87. The summed E-state index contributed by atoms with van der Waals surface area (Å²) in [4.78, 5) is 10.8. The number of rotatable bonds is 5. The lowest BCUT2D eigenvalue weighted by Gasteiger charge is -2.10. The number of aryl methyl sites for hydroxylation is 2. The first kappa shape index (κ1) is 13.3. The summed E-state index contributed by atoms with van der Waals surface area (Å²) in [5.74, 6) is 0. The largest absolute Gasteiger partial charge is 0.330 e. The molecule has 0 fully saturated rings. The van der Waals surface area contributed by atoms with Crippen LogP contribution in [-0.2, 0) is 6.42 Å². The van der Waals surface area contributed by atoms with Crippen molar-refractivity contribution in [1.29, 1.82) is 0 Å². The third-order valence-electron chi connectivity index (χ3n) is 3.06. The highest BCUT2D eigenvalue weighted by atomic mass is 16.6. The van der Waals surface area contributed by atoms with Crippen LogP contribution in [0.3, 0.4) is 0 Å². The molecular weight excluding hydrogens is 242 g/mol. The Bertz CT molecular complexity index is 590. The van der Waals surface area contributed by atoms with Crippen molar-refractivity contribution in [2.24, 2.45) is 5.73 Å². The summed E-state index contributed by atoms with van der Waals surface area (Å²) in [7, 11) is 0. The molecule has 5 heteroatoms. The van der Waals surface area contributed by atoms with Crippen LogP contribution in [0.4, 0.5) is 5.69 Å². The van der Waals surface area contributed by atoms with Gasteiger partial charge in [0, 0.05) is 18.0 Å². The van der Waals surface area contributed by atoms with Gasteiger partial charge >= 0.3 is 0 Å². The Balaban J connectivity index is 2.47. The predicted octanol–water partition coefficient (Wildman–Crippen LogP) is 2.59. The van der Waals surface area contributed by atoms with Crippen LogP contribution in [-0.4, -0.2) is 16.0 Å². The lowest BCUT2D eigenvalue weighted by atomic mass is 10.1. The smallest absolute Gasteiger partial charge is 0.293 e. The van der Waals surface area contributed by atoms with E-state index in [1.54, 1.807) is 12.1 Å². The van der Waals surface area contributed by atoms with Crippen LogP contribution >= 0.6 is 0 Å². The van der Waals surface area contributed by atoms with Gasteiger partial charge in [0.1, 0.15) is 5.69 Å². The van der Waals surface area contributed by atoms with E-state index in [0.29, 0.717) is 12.2 Å². The van der Waals surface area contributed by atoms with Crippen LogP contribution in [0.25, 0.3) is 5.69 Å². The fraction of sp³-hybridized carbons (Fsp3) is 0.286. The highest BCUT2D eigenvalue weighted by Crippen LogP contribution is 2.26. The van der Waals surface area contributed by atoms with Crippen molar-refractivity contribution in [2.45, 2.75) is 19.8 Å². The number of nitro groups is 1. The summed E-state index contributed by atoms with van der Waals surface area (Å²) in [5, 5.41) is 11.2. The third kappa shape index (κ3) is 2.82. The van der Waals surface area contributed by atoms with E-state index < -0.39 is 0 Å². The van der Waals surface area contributed by atoms with Crippen molar-refractivity contribution < 1.29 is 4.92 Å². The first-order valence-corrected chi connectivity index (χ1v) is 6.25. The zero-order chi connectivity index (χ0) is 13.8. The quantitative estimate of drug-likeness (QED) is 0.662. The Morgan fingerprint density at radius 2 is 2.16 bits per heavy atom. The second-order valence-electron chi connectivity index (χ2n) is 4.51. The van der Waals surface area contributed by atoms with Crippen LogP contribution in [0.1, 0.15) is 17.7 Å². The topological polar surface area (TPSA) is 74.1 Å². The maximum Gasteiger partial charge on any atom is 0.293 e. The molecule has 2 aromatic rings. The van der Waals surface area contributed by atoms with Gasteiger partial charge in [-0.1, -0.05) is 6.07 Å². The second kappa shape index (κ2) is 5.67. The van der Waals surface area contributed by atoms with Crippen LogP contribution in [0.15, 0.2) is 36.5 Å². The maximum absolute atomic E-state index is 11.2. The van der Waals surface area contributed by atoms with Crippen LogP contribution in [0.2, 0.25) is 0 Å². The Kier molecular flexibility index (Phi) is 3.97. The van der Waals surface area contributed by atoms with E-state index in [0.717, 1.165) is 24.1 Å². The molecule has 1 aromatic heterocycles. The number of hydrogen-bond donors (Lipinski definition) is 1. The number of benzene rings is 1. The molecule has 0 unspecified atom stereocenters. The second-order valence-corrected chi connectivity index (χ2v) is 4.51. The molecule has 0 aliphatic rings. The molecule has 0 aliphatic heterocycles. The first-order valence-electron chi connectivity index (χ1n) is 6.25. The highest BCUT2D eigenvalue weighted by molar-refractivity contribution is 5.55. The van der Waals surface area contributed by atoms with E-state index in [1.807, 2.05) is 35.9 Å². The van der Waals surface area contributed by atoms with Gasteiger partial charge in [-0.2, -0.15) is 0 Å². The van der Waals surface area contributed by atoms with Gasteiger partial charge in [-0.05, 0) is 50.1 Å². The van der Waals surface area contributed by atoms with Gasteiger partial charge in [-0.25, -0.2) is 0 Å². The number of nitrogens with two attached hydrogens (primary N) is 1. The molecule has 0 radical (unpaired) electrons. The average Bonchev–Trinajstić information content (AvgIpc) is 2.84. The molecule has 2 rings (SSSR count). The molecule has 19 heavy (non-hydrogen) atoms. The Morgan fingerprint density at radius 1 is 1.37 bits per heavy atom. The molecule has 0 spiro atoms. The molecule has 0 saturated heterocycles. The van der Waals surface area contributed by atoms with Gasteiger partial charge in [-0.15, -0.1) is 0 Å². The monoisotopic (exact) mass is 259 g/mol. The Hall–Kier alpha value is -2.14. The van der Waals surface area contributed by atoms with E-state index in [1.165, 1.54) is 0 Å². The minimum absolute atomic E-state index is 0.130. The molecule has 1 aromatic carbocycles. The van der Waals surface area contributed by atoms with E-state index in [2.05, 4.69) is 0 Å². The van der Waals surface area contributed by atoms with Gasteiger partial charge in [0.25, 0.3) is 5.69 Å². The van der Waals surface area contributed by atoms with Gasteiger partial charge in [0.05, 0.1) is 4.92 Å². The number of hydrogen-bond acceptors (Lipinski definition) is 3. The zero-order valence-corrected chi connectivity index (χ0v) is 10.9. The van der Waals surface area contributed by atoms with Crippen LogP contribution in [0.5, 0.6) is 0 Å². The number of nitrogens with zero attached hydrogens (tertiary/aromatic N) is 2. The zero-order valence-electron chi connectivity index (χ0n) is 10.9. The Labute approximate surface area is 111 Å². The van der Waals surface area contributed by atoms with Crippen molar-refractivity contribution in [2.75, 3.05) is 6.54 Å². The minimum atomic E-state index is -0.338. The average molecular weight is 259 g/mol. The summed E-state index contributed by atoms with van der Waals surface area (Å²) >= 11 is 0. The lowest BCUT2D eigenvalue weighted by molar-refractivity contribution is -0.384. The lowest BCUT2D eigenvalue weighted by Crippen LogP contribution is -2.06. The van der Waals surface area contributed by atoms with Gasteiger partial charge < -0.3 is 10.3 Å². The third-order valence-corrected chi connectivity index (χ3v) is 3.06. The molecule has 0 atom stereocenters. The molecule has 1 heterocycles. The Morgan fingerprint density at radius 3 is 2.84 bits per heavy atom. The van der Waals surface area contributed by atoms with Gasteiger partial charge in [0.2, 0.25) is 0 Å². The summed E-state index contributed by atoms with van der Waals surface area (Å²) in [6, 6.07) is 9.14. The van der Waals surface area contributed by atoms with Crippen molar-refractivity contribution in [1.82, 2.24) is 4.57 Å². The number of nitro benzene ring substituents is 1. The highest BCUT2D eigenvalue weighted by Gasteiger charge is 2.16. The van der Waals surface area contributed by atoms with E-state index in [9.17, 15) is 10.1 Å². The summed E-state index contributed by atoms with van der Waals surface area (Å²) in [6.45, 7) is 2.46. The van der Waals surface area contributed by atoms with Crippen LogP contribution in [0, 0.1) is 17.0 Å². The molecule has 0 amide bonds. The maximum atomic E-state index is 11.2. The molecule has 0 aliphatic carbocycles. The predicted molar refractivity (Wildman–Crippen MR) is 74.5 cm³/mol. The summed E-state index contributed by atoms with van der Waals surface area (Å²) in [5.41, 5.74) is 8.17. The van der Waals surface area contributed by atoms with Crippen molar-refractivity contribution >= 4 is 5.69 Å². The number of aromatic nitrogens is 1. The van der Waals surface area contributed by atoms with E-state index >= 15 is 0 Å². The molecule has 5 nitrogen and oxygen atoms in total. The molecular formula is C14H17N3O2. The molecule has 0 bridgehead atoms. The van der Waals surface area contributed by atoms with E-state index in [4.69, 9.17) is 5.73 Å².